The van der Waals surface area contributed by atoms with Crippen LogP contribution in [0.15, 0.2) is 71.6 Å². The SMILES string of the molecule is Cc1cc(-c2ncnc3[nH]c(-c4ccc(N5CCN(CC6CCN(c7ccc(N8CCC(=O)NC8=O)c(C)c7)CC6)CC5)nc4)cc23)ccc1C(C)NC(=O)c1noc(C2(C)CC2)n1. The second-order valence-electron chi connectivity index (χ2n) is 18.3. The summed E-state index contributed by atoms with van der Waals surface area (Å²) in [6, 6.07) is 18.2. The zero-order valence-corrected chi connectivity index (χ0v) is 36.9. The molecule has 0 spiro atoms. The maximum Gasteiger partial charge on any atom is 0.328 e. The molecule has 16 heteroatoms. The van der Waals surface area contributed by atoms with Crippen LogP contribution in [0.3, 0.4) is 0 Å². The first-order chi connectivity index (χ1) is 31.0. The summed E-state index contributed by atoms with van der Waals surface area (Å²) in [7, 11) is 0. The van der Waals surface area contributed by atoms with Gasteiger partial charge in [-0.3, -0.25) is 24.7 Å². The number of nitrogens with zero attached hydrogens (tertiary/aromatic N) is 9. The number of benzene rings is 2. The van der Waals surface area contributed by atoms with Crippen LogP contribution < -0.4 is 25.3 Å². The summed E-state index contributed by atoms with van der Waals surface area (Å²) in [5.74, 6) is 1.66. The molecule has 2 aromatic carbocycles. The van der Waals surface area contributed by atoms with Crippen molar-refractivity contribution in [1.82, 2.24) is 45.6 Å². The second-order valence-corrected chi connectivity index (χ2v) is 18.3. The number of carbonyl (C=O) groups excluding carboxylic acids is 3. The van der Waals surface area contributed by atoms with E-state index in [4.69, 9.17) is 14.5 Å². The zero-order valence-electron chi connectivity index (χ0n) is 36.9. The molecule has 10 rings (SSSR count). The monoisotopic (exact) mass is 862 g/mol. The lowest BCUT2D eigenvalue weighted by molar-refractivity contribution is -0.120. The van der Waals surface area contributed by atoms with Crippen LogP contribution in [0.4, 0.5) is 22.0 Å². The van der Waals surface area contributed by atoms with Gasteiger partial charge in [-0.1, -0.05) is 24.2 Å². The molecule has 16 nitrogen and oxygen atoms in total. The van der Waals surface area contributed by atoms with Gasteiger partial charge in [0.05, 0.1) is 11.7 Å². The van der Waals surface area contributed by atoms with E-state index in [0.717, 1.165) is 133 Å². The van der Waals surface area contributed by atoms with Crippen molar-refractivity contribution >= 4 is 46.1 Å². The maximum absolute atomic E-state index is 13.0. The van der Waals surface area contributed by atoms with E-state index in [-0.39, 0.29) is 35.1 Å². The topological polar surface area (TPSA) is 182 Å². The normalized spacial score (nSPS) is 18.7. The van der Waals surface area contributed by atoms with Crippen LogP contribution in [0.2, 0.25) is 0 Å². The highest BCUT2D eigenvalue weighted by atomic mass is 16.5. The molecule has 1 atom stereocenters. The number of amides is 4. The van der Waals surface area contributed by atoms with Crippen LogP contribution in [-0.2, 0) is 10.2 Å². The molecule has 64 heavy (non-hydrogen) atoms. The number of piperidine rings is 1. The highest BCUT2D eigenvalue weighted by molar-refractivity contribution is 6.06. The minimum Gasteiger partial charge on any atom is -0.372 e. The standard InChI is InChI=1S/C48H54N12O4/c1-29-23-33(5-8-36(29)31(3)52-45(62)44-55-46(64-56-44)48(4)14-15-48)42-37-25-38(53-43(37)51-28-50-42)34-6-10-40(49-26-34)59-21-19-57(20-22-59)27-32-11-16-58(17-12-32)35-7-9-39(30(2)24-35)60-18-13-41(61)54-47(60)63/h5-10,23-26,28,31-32H,11-22,27H2,1-4H3,(H,52,62)(H,50,51,53)(H,54,61,63). The fourth-order valence-corrected chi connectivity index (χ4v) is 9.50. The molecule has 6 aromatic rings. The smallest absolute Gasteiger partial charge is 0.328 e. The summed E-state index contributed by atoms with van der Waals surface area (Å²) in [6.07, 6.45) is 8.13. The van der Waals surface area contributed by atoms with Gasteiger partial charge in [0.1, 0.15) is 17.8 Å². The van der Waals surface area contributed by atoms with E-state index in [1.54, 1.807) is 11.2 Å². The Morgan fingerprint density at radius 3 is 2.41 bits per heavy atom. The zero-order chi connectivity index (χ0) is 44.1. The van der Waals surface area contributed by atoms with E-state index >= 15 is 0 Å². The van der Waals surface area contributed by atoms with Gasteiger partial charge in [0, 0.05) is 104 Å². The number of pyridine rings is 1. The lowest BCUT2D eigenvalue weighted by Crippen LogP contribution is -2.49. The van der Waals surface area contributed by atoms with Crippen LogP contribution in [0.25, 0.3) is 33.5 Å². The number of anilines is 3. The Morgan fingerprint density at radius 1 is 0.891 bits per heavy atom. The van der Waals surface area contributed by atoms with E-state index < -0.39 is 0 Å². The van der Waals surface area contributed by atoms with Crippen LogP contribution >= 0.6 is 0 Å². The van der Waals surface area contributed by atoms with E-state index in [1.807, 2.05) is 45.2 Å². The van der Waals surface area contributed by atoms with Crippen molar-refractivity contribution in [3.63, 3.8) is 0 Å². The highest BCUT2D eigenvalue weighted by Crippen LogP contribution is 2.46. The van der Waals surface area contributed by atoms with Crippen molar-refractivity contribution in [1.29, 1.82) is 0 Å². The predicted molar refractivity (Wildman–Crippen MR) is 244 cm³/mol. The molecule has 3 saturated heterocycles. The fourth-order valence-electron chi connectivity index (χ4n) is 9.50. The molecule has 4 fully saturated rings. The summed E-state index contributed by atoms with van der Waals surface area (Å²) in [6.45, 7) is 15.6. The summed E-state index contributed by atoms with van der Waals surface area (Å²) in [5.41, 5.74) is 9.44. The lowest BCUT2D eigenvalue weighted by Gasteiger charge is -2.40. The number of aromatic amines is 1. The Kier molecular flexibility index (Phi) is 10.8. The molecule has 330 valence electrons. The Hall–Kier alpha value is -6.68. The molecule has 7 heterocycles. The predicted octanol–water partition coefficient (Wildman–Crippen LogP) is 6.71. The third-order valence-electron chi connectivity index (χ3n) is 13.7. The quantitative estimate of drug-likeness (QED) is 0.125. The first-order valence-corrected chi connectivity index (χ1v) is 22.5. The number of piperazine rings is 1. The van der Waals surface area contributed by atoms with Gasteiger partial charge in [-0.2, -0.15) is 4.98 Å². The van der Waals surface area contributed by atoms with E-state index in [1.165, 1.54) is 5.69 Å². The molecule has 1 aliphatic carbocycles. The highest BCUT2D eigenvalue weighted by Gasteiger charge is 2.45. The number of carbonyl (C=O) groups is 3. The van der Waals surface area contributed by atoms with Gasteiger partial charge in [-0.25, -0.2) is 19.7 Å². The third kappa shape index (κ3) is 8.29. The van der Waals surface area contributed by atoms with Crippen molar-refractivity contribution < 1.29 is 18.9 Å². The average molecular weight is 863 g/mol. The van der Waals surface area contributed by atoms with Crippen molar-refractivity contribution in [3.05, 3.63) is 95.5 Å². The molecule has 3 N–H and O–H groups in total. The van der Waals surface area contributed by atoms with E-state index in [9.17, 15) is 14.4 Å². The van der Waals surface area contributed by atoms with Crippen molar-refractivity contribution in [2.75, 3.05) is 67.1 Å². The van der Waals surface area contributed by atoms with Gasteiger partial charge in [0.25, 0.3) is 11.7 Å². The van der Waals surface area contributed by atoms with Crippen LogP contribution in [0.1, 0.15) is 85.2 Å². The molecular weight excluding hydrogens is 809 g/mol. The molecule has 0 bridgehead atoms. The lowest BCUT2D eigenvalue weighted by atomic mass is 9.95. The van der Waals surface area contributed by atoms with Crippen LogP contribution in [0, 0.1) is 19.8 Å². The van der Waals surface area contributed by atoms with Crippen LogP contribution in [-0.4, -0.2) is 105 Å². The molecule has 4 aliphatic rings. The number of rotatable bonds is 11. The number of nitrogens with one attached hydrogen (secondary N) is 3. The van der Waals surface area contributed by atoms with Gasteiger partial charge >= 0.3 is 6.03 Å². The Morgan fingerprint density at radius 2 is 1.69 bits per heavy atom. The van der Waals surface area contributed by atoms with Gasteiger partial charge in [0.2, 0.25) is 11.8 Å². The molecular formula is C48H54N12O4. The minimum atomic E-state index is -0.359. The van der Waals surface area contributed by atoms with Crippen molar-refractivity contribution in [2.24, 2.45) is 5.92 Å². The van der Waals surface area contributed by atoms with Gasteiger partial charge in [-0.15, -0.1) is 0 Å². The number of imide groups is 1. The molecule has 1 unspecified atom stereocenters. The second kappa shape index (κ2) is 16.8. The minimum absolute atomic E-state index is 0.0596. The number of hydrogen-bond acceptors (Lipinski definition) is 12. The number of hydrogen-bond donors (Lipinski definition) is 3. The molecule has 3 aliphatic heterocycles. The van der Waals surface area contributed by atoms with Crippen molar-refractivity contribution in [3.8, 4) is 22.5 Å². The third-order valence-corrected chi connectivity index (χ3v) is 13.7. The summed E-state index contributed by atoms with van der Waals surface area (Å²) >= 11 is 0. The number of aryl methyl sites for hydroxylation is 2. The van der Waals surface area contributed by atoms with Gasteiger partial charge in [0.15, 0.2) is 0 Å². The summed E-state index contributed by atoms with van der Waals surface area (Å²) < 4.78 is 5.38. The fraction of sp³-hybridized carbons (Fsp3) is 0.417. The number of H-pyrrole nitrogens is 1. The molecule has 1 saturated carbocycles. The Labute approximate surface area is 371 Å². The molecule has 4 amide bonds. The first-order valence-electron chi connectivity index (χ1n) is 22.5. The van der Waals surface area contributed by atoms with E-state index in [0.29, 0.717) is 24.8 Å². The number of fused-ring (bicyclic) bond motifs is 1. The van der Waals surface area contributed by atoms with E-state index in [2.05, 4.69) is 88.8 Å². The largest absolute Gasteiger partial charge is 0.372 e. The summed E-state index contributed by atoms with van der Waals surface area (Å²) in [4.78, 5) is 68.1. The summed E-state index contributed by atoms with van der Waals surface area (Å²) in [5, 5.41) is 10.3. The van der Waals surface area contributed by atoms with Gasteiger partial charge < -0.3 is 24.6 Å². The molecule has 0 radical (unpaired) electrons. The van der Waals surface area contributed by atoms with Gasteiger partial charge in [-0.05, 0) is 112 Å². The molecule has 4 aromatic heterocycles. The average Bonchev–Trinajstić information content (AvgIpc) is 3.63. The van der Waals surface area contributed by atoms with Crippen molar-refractivity contribution in [2.45, 2.75) is 71.3 Å². The maximum atomic E-state index is 13.0. The Balaban J connectivity index is 0.718. The van der Waals surface area contributed by atoms with Crippen LogP contribution in [0.5, 0.6) is 0 Å². The Bertz CT molecular complexity index is 2730. The number of aromatic nitrogens is 6. The number of urea groups is 1. The first kappa shape index (κ1) is 41.3.